The van der Waals surface area contributed by atoms with Crippen LogP contribution in [0.2, 0.25) is 5.02 Å². The van der Waals surface area contributed by atoms with Crippen LogP contribution in [0.15, 0.2) is 60.8 Å². The minimum Gasteiger partial charge on any atom is -0.315 e. The zero-order valence-electron chi connectivity index (χ0n) is 19.4. The van der Waals surface area contributed by atoms with Crippen molar-refractivity contribution in [3.63, 3.8) is 0 Å². The molecule has 1 unspecified atom stereocenters. The van der Waals surface area contributed by atoms with Gasteiger partial charge in [-0.25, -0.2) is 4.68 Å². The molecule has 1 saturated heterocycles. The molecule has 0 radical (unpaired) electrons. The van der Waals surface area contributed by atoms with Crippen LogP contribution in [0, 0.1) is 0 Å². The zero-order chi connectivity index (χ0) is 24.6. The van der Waals surface area contributed by atoms with E-state index >= 15 is 0 Å². The molecule has 2 aliphatic rings. The fraction of sp³-hybridized carbons (Fsp3) is 0.308. The molecule has 180 valence electrons. The number of fused-ring (bicyclic) bond motifs is 3. The number of benzene rings is 2. The third-order valence-electron chi connectivity index (χ3n) is 6.76. The van der Waals surface area contributed by atoms with E-state index in [9.17, 15) is 14.4 Å². The first kappa shape index (κ1) is 23.1. The van der Waals surface area contributed by atoms with Gasteiger partial charge in [-0.1, -0.05) is 35.9 Å². The quantitative estimate of drug-likeness (QED) is 0.533. The molecule has 3 heterocycles. The van der Waals surface area contributed by atoms with E-state index in [1.54, 1.807) is 38.9 Å². The van der Waals surface area contributed by atoms with Crippen LogP contribution in [0.4, 0.5) is 11.5 Å². The lowest BCUT2D eigenvalue weighted by Gasteiger charge is -2.48. The fourth-order valence-electron chi connectivity index (χ4n) is 4.97. The second-order valence-corrected chi connectivity index (χ2v) is 9.51. The Balaban J connectivity index is 1.23. The van der Waals surface area contributed by atoms with Crippen molar-refractivity contribution in [1.82, 2.24) is 14.7 Å². The van der Waals surface area contributed by atoms with Crippen molar-refractivity contribution < 1.29 is 14.4 Å². The average molecular weight is 492 g/mol. The molecule has 1 fully saturated rings. The number of para-hydroxylation sites is 1. The molecular formula is C26H26ClN5O3. The number of hydrogen-bond donors (Lipinski definition) is 1. The number of nitrogens with zero attached hydrogens (tertiary/aromatic N) is 4. The summed E-state index contributed by atoms with van der Waals surface area (Å²) in [7, 11) is 0. The van der Waals surface area contributed by atoms with E-state index in [1.165, 1.54) is 0 Å². The van der Waals surface area contributed by atoms with E-state index in [-0.39, 0.29) is 24.1 Å². The molecule has 35 heavy (non-hydrogen) atoms. The van der Waals surface area contributed by atoms with Crippen LogP contribution >= 0.6 is 11.6 Å². The SMILES string of the molecule is CC12CCC(=O)N1c1ccccc1C(=O)N2CCCC(=O)Nc1ccnn1Cc1ccc(Cl)cc1. The van der Waals surface area contributed by atoms with Crippen molar-refractivity contribution >= 4 is 40.8 Å². The maximum Gasteiger partial charge on any atom is 0.257 e. The van der Waals surface area contributed by atoms with Gasteiger partial charge in [0.05, 0.1) is 24.0 Å². The summed E-state index contributed by atoms with van der Waals surface area (Å²) in [6, 6.07) is 16.5. The molecule has 3 amide bonds. The van der Waals surface area contributed by atoms with Crippen molar-refractivity contribution in [2.45, 2.75) is 44.8 Å². The summed E-state index contributed by atoms with van der Waals surface area (Å²) < 4.78 is 1.72. The highest BCUT2D eigenvalue weighted by Gasteiger charge is 2.52. The van der Waals surface area contributed by atoms with E-state index in [1.807, 2.05) is 43.3 Å². The van der Waals surface area contributed by atoms with Gasteiger partial charge in [-0.2, -0.15) is 5.10 Å². The number of amides is 3. The maximum absolute atomic E-state index is 13.3. The maximum atomic E-state index is 13.3. The van der Waals surface area contributed by atoms with Crippen molar-refractivity contribution in [3.05, 3.63) is 76.9 Å². The van der Waals surface area contributed by atoms with E-state index in [4.69, 9.17) is 11.6 Å². The van der Waals surface area contributed by atoms with Gasteiger partial charge in [0, 0.05) is 30.5 Å². The summed E-state index contributed by atoms with van der Waals surface area (Å²) in [5.74, 6) is 0.365. The van der Waals surface area contributed by atoms with Gasteiger partial charge < -0.3 is 10.2 Å². The number of rotatable bonds is 7. The van der Waals surface area contributed by atoms with Crippen LogP contribution in [0.25, 0.3) is 0 Å². The zero-order valence-corrected chi connectivity index (χ0v) is 20.2. The number of aromatic nitrogens is 2. The lowest BCUT2D eigenvalue weighted by Crippen LogP contribution is -2.62. The summed E-state index contributed by atoms with van der Waals surface area (Å²) >= 11 is 5.95. The molecule has 0 bridgehead atoms. The topological polar surface area (TPSA) is 87.5 Å². The predicted molar refractivity (Wildman–Crippen MR) is 133 cm³/mol. The Kier molecular flexibility index (Phi) is 6.06. The Morgan fingerprint density at radius 2 is 1.89 bits per heavy atom. The fourth-order valence-corrected chi connectivity index (χ4v) is 5.10. The normalized spacial score (nSPS) is 19.0. The average Bonchev–Trinajstić information content (AvgIpc) is 3.41. The lowest BCUT2D eigenvalue weighted by atomic mass is 9.98. The Morgan fingerprint density at radius 1 is 1.11 bits per heavy atom. The van der Waals surface area contributed by atoms with E-state index < -0.39 is 5.66 Å². The third-order valence-corrected chi connectivity index (χ3v) is 7.01. The predicted octanol–water partition coefficient (Wildman–Crippen LogP) is 4.30. The molecule has 8 nitrogen and oxygen atoms in total. The molecule has 1 aromatic heterocycles. The second-order valence-electron chi connectivity index (χ2n) is 9.07. The first-order valence-electron chi connectivity index (χ1n) is 11.7. The number of carbonyl (C=O) groups excluding carboxylic acids is 3. The largest absolute Gasteiger partial charge is 0.315 e. The molecule has 9 heteroatoms. The molecule has 0 spiro atoms. The van der Waals surface area contributed by atoms with Gasteiger partial charge in [-0.3, -0.25) is 19.3 Å². The van der Waals surface area contributed by atoms with E-state index in [0.717, 1.165) is 5.56 Å². The second kappa shape index (κ2) is 9.19. The standard InChI is InChI=1S/C26H26ClN5O3/c1-26-14-12-24(34)32(26)21-6-3-2-5-20(21)25(35)30(26)16-4-7-23(33)29-22-13-15-28-31(22)17-18-8-10-19(27)11-9-18/h2-3,5-6,8-11,13,15H,4,7,12,14,16-17H2,1H3,(H,29,33). The van der Waals surface area contributed by atoms with E-state index in [0.29, 0.717) is 54.4 Å². The number of nitrogens with one attached hydrogen (secondary N) is 1. The first-order valence-corrected chi connectivity index (χ1v) is 12.0. The Hall–Kier alpha value is -3.65. The smallest absolute Gasteiger partial charge is 0.257 e. The van der Waals surface area contributed by atoms with Crippen molar-refractivity contribution in [3.8, 4) is 0 Å². The van der Waals surface area contributed by atoms with Crippen LogP contribution < -0.4 is 10.2 Å². The molecule has 2 aromatic carbocycles. The summed E-state index contributed by atoms with van der Waals surface area (Å²) in [4.78, 5) is 42.2. The number of hydrogen-bond acceptors (Lipinski definition) is 4. The number of halogens is 1. The summed E-state index contributed by atoms with van der Waals surface area (Å²) in [6.45, 7) is 2.82. The molecule has 5 rings (SSSR count). The van der Waals surface area contributed by atoms with Gasteiger partial charge in [0.15, 0.2) is 0 Å². The van der Waals surface area contributed by atoms with Gasteiger partial charge in [0.1, 0.15) is 11.5 Å². The molecule has 0 aliphatic carbocycles. The summed E-state index contributed by atoms with van der Waals surface area (Å²) in [5, 5.41) is 7.88. The van der Waals surface area contributed by atoms with Crippen LogP contribution in [-0.2, 0) is 16.1 Å². The van der Waals surface area contributed by atoms with E-state index in [2.05, 4.69) is 10.4 Å². The van der Waals surface area contributed by atoms with Gasteiger partial charge in [0.2, 0.25) is 11.8 Å². The molecule has 1 N–H and O–H groups in total. The number of carbonyl (C=O) groups is 3. The Morgan fingerprint density at radius 3 is 2.69 bits per heavy atom. The number of anilines is 2. The highest BCUT2D eigenvalue weighted by atomic mass is 35.5. The Bertz CT molecular complexity index is 1290. The molecule has 0 saturated carbocycles. The van der Waals surface area contributed by atoms with Crippen molar-refractivity contribution in [2.75, 3.05) is 16.8 Å². The molecular weight excluding hydrogens is 466 g/mol. The highest BCUT2D eigenvalue weighted by Crippen LogP contribution is 2.44. The van der Waals surface area contributed by atoms with Crippen molar-refractivity contribution in [2.24, 2.45) is 0 Å². The summed E-state index contributed by atoms with van der Waals surface area (Å²) in [5.41, 5.74) is 1.50. The highest BCUT2D eigenvalue weighted by molar-refractivity contribution is 6.30. The van der Waals surface area contributed by atoms with Gasteiger partial charge in [-0.05, 0) is 49.6 Å². The van der Waals surface area contributed by atoms with Gasteiger partial charge in [-0.15, -0.1) is 0 Å². The van der Waals surface area contributed by atoms with Crippen LogP contribution in [0.1, 0.15) is 48.5 Å². The molecule has 1 atom stereocenters. The van der Waals surface area contributed by atoms with Crippen LogP contribution in [0.3, 0.4) is 0 Å². The van der Waals surface area contributed by atoms with Crippen molar-refractivity contribution in [1.29, 1.82) is 0 Å². The third kappa shape index (κ3) is 4.30. The molecule has 3 aromatic rings. The lowest BCUT2D eigenvalue weighted by molar-refractivity contribution is -0.118. The van der Waals surface area contributed by atoms with Gasteiger partial charge in [0.25, 0.3) is 5.91 Å². The van der Waals surface area contributed by atoms with Crippen LogP contribution in [-0.4, -0.2) is 44.6 Å². The summed E-state index contributed by atoms with van der Waals surface area (Å²) in [6.07, 6.45) is 3.32. The minimum absolute atomic E-state index is 0.0177. The Labute approximate surface area is 208 Å². The van der Waals surface area contributed by atoms with Gasteiger partial charge >= 0.3 is 0 Å². The monoisotopic (exact) mass is 491 g/mol. The first-order chi connectivity index (χ1) is 16.9. The minimum atomic E-state index is -0.712. The molecule has 2 aliphatic heterocycles. The van der Waals surface area contributed by atoms with Crippen LogP contribution in [0.5, 0.6) is 0 Å².